The van der Waals surface area contributed by atoms with Crippen molar-refractivity contribution in [2.24, 2.45) is 0 Å². The lowest BCUT2D eigenvalue weighted by molar-refractivity contribution is 0.102. The molecule has 1 atom stereocenters. The van der Waals surface area contributed by atoms with Crippen molar-refractivity contribution in [1.82, 2.24) is 10.2 Å². The predicted molar refractivity (Wildman–Crippen MR) is 88.5 cm³/mol. The molecule has 2 rings (SSSR count). The zero-order chi connectivity index (χ0) is 14.8. The monoisotopic (exact) mass is 290 g/mol. The molecule has 0 amide bonds. The van der Waals surface area contributed by atoms with Gasteiger partial charge in [-0.2, -0.15) is 0 Å². The first-order valence-electron chi connectivity index (χ1n) is 8.39. The largest absolute Gasteiger partial charge is 0.378 e. The highest BCUT2D eigenvalue weighted by Crippen LogP contribution is 2.16. The van der Waals surface area contributed by atoms with Crippen LogP contribution < -0.4 is 5.32 Å². The highest BCUT2D eigenvalue weighted by atomic mass is 16.5. The van der Waals surface area contributed by atoms with Crippen LogP contribution in [-0.4, -0.2) is 44.3 Å². The Bertz CT molecular complexity index is 363. The molecular formula is C18H30N2O. The van der Waals surface area contributed by atoms with E-state index in [0.29, 0.717) is 6.10 Å². The van der Waals surface area contributed by atoms with Crippen molar-refractivity contribution < 1.29 is 4.74 Å². The topological polar surface area (TPSA) is 24.5 Å². The Kier molecular flexibility index (Phi) is 7.79. The van der Waals surface area contributed by atoms with Gasteiger partial charge in [0.15, 0.2) is 0 Å². The Morgan fingerprint density at radius 2 is 2.00 bits per heavy atom. The van der Waals surface area contributed by atoms with Crippen LogP contribution in [0.2, 0.25) is 0 Å². The maximum absolute atomic E-state index is 5.63. The van der Waals surface area contributed by atoms with E-state index >= 15 is 0 Å². The maximum Gasteiger partial charge on any atom is 0.0576 e. The highest BCUT2D eigenvalue weighted by molar-refractivity contribution is 5.14. The van der Waals surface area contributed by atoms with Gasteiger partial charge in [-0.3, -0.25) is 0 Å². The molecule has 0 aliphatic carbocycles. The summed E-state index contributed by atoms with van der Waals surface area (Å²) in [6.07, 6.45) is 6.74. The minimum Gasteiger partial charge on any atom is -0.378 e. The molecule has 1 aromatic rings. The van der Waals surface area contributed by atoms with Gasteiger partial charge in [0.05, 0.1) is 6.10 Å². The van der Waals surface area contributed by atoms with Gasteiger partial charge in [0.2, 0.25) is 0 Å². The third-order valence-electron chi connectivity index (χ3n) is 4.09. The summed E-state index contributed by atoms with van der Waals surface area (Å²) in [6, 6.07) is 10.7. The molecule has 1 aliphatic rings. The second kappa shape index (κ2) is 9.93. The van der Waals surface area contributed by atoms with Crippen LogP contribution in [0.15, 0.2) is 30.3 Å². The van der Waals surface area contributed by atoms with E-state index in [9.17, 15) is 0 Å². The van der Waals surface area contributed by atoms with Gasteiger partial charge < -0.3 is 15.0 Å². The number of hydrogen-bond donors (Lipinski definition) is 1. The molecule has 1 fully saturated rings. The van der Waals surface area contributed by atoms with Crippen LogP contribution in [0.3, 0.4) is 0 Å². The van der Waals surface area contributed by atoms with Crippen LogP contribution in [0.5, 0.6) is 0 Å². The quantitative estimate of drug-likeness (QED) is 0.670. The van der Waals surface area contributed by atoms with E-state index in [4.69, 9.17) is 4.74 Å². The molecule has 0 aromatic heterocycles. The first kappa shape index (κ1) is 16.5. The van der Waals surface area contributed by atoms with Gasteiger partial charge in [-0.25, -0.2) is 0 Å². The number of benzene rings is 1. The number of ether oxygens (including phenoxy) is 1. The summed E-state index contributed by atoms with van der Waals surface area (Å²) in [5.41, 5.74) is 1.39. The number of nitrogens with one attached hydrogen (secondary N) is 1. The summed E-state index contributed by atoms with van der Waals surface area (Å²) in [5, 5.41) is 3.55. The molecule has 21 heavy (non-hydrogen) atoms. The summed E-state index contributed by atoms with van der Waals surface area (Å²) in [7, 11) is 2.20. The first-order chi connectivity index (χ1) is 10.3. The molecule has 1 aliphatic heterocycles. The summed E-state index contributed by atoms with van der Waals surface area (Å²) in [5.74, 6) is 0. The van der Waals surface area contributed by atoms with Gasteiger partial charge in [-0.15, -0.1) is 0 Å². The third-order valence-corrected chi connectivity index (χ3v) is 4.09. The lowest BCUT2D eigenvalue weighted by Gasteiger charge is -2.16. The predicted octanol–water partition coefficient (Wildman–Crippen LogP) is 3.06. The molecule has 1 unspecified atom stereocenters. The van der Waals surface area contributed by atoms with Crippen LogP contribution in [0.25, 0.3) is 0 Å². The fraction of sp³-hybridized carbons (Fsp3) is 0.667. The minimum absolute atomic E-state index is 0.545. The minimum atomic E-state index is 0.545. The van der Waals surface area contributed by atoms with Crippen LogP contribution in [0.1, 0.15) is 37.7 Å². The second-order valence-corrected chi connectivity index (χ2v) is 6.10. The second-order valence-electron chi connectivity index (χ2n) is 6.10. The van der Waals surface area contributed by atoms with Crippen molar-refractivity contribution in [2.45, 2.75) is 44.8 Å². The van der Waals surface area contributed by atoms with E-state index in [-0.39, 0.29) is 0 Å². The summed E-state index contributed by atoms with van der Waals surface area (Å²) in [4.78, 5) is 2.39. The first-order valence-corrected chi connectivity index (χ1v) is 8.39. The van der Waals surface area contributed by atoms with Crippen molar-refractivity contribution in [3.05, 3.63) is 35.9 Å². The van der Waals surface area contributed by atoms with E-state index < -0.39 is 0 Å². The van der Waals surface area contributed by atoms with E-state index in [2.05, 4.69) is 47.6 Å². The molecule has 1 heterocycles. The Balaban J connectivity index is 1.42. The van der Waals surface area contributed by atoms with Crippen molar-refractivity contribution in [1.29, 1.82) is 0 Å². The fourth-order valence-electron chi connectivity index (χ4n) is 2.90. The SMILES string of the molecule is CN(CCCNCCCC1CCCO1)Cc1ccccc1. The van der Waals surface area contributed by atoms with Crippen molar-refractivity contribution in [2.75, 3.05) is 33.3 Å². The van der Waals surface area contributed by atoms with E-state index in [1.54, 1.807) is 0 Å². The van der Waals surface area contributed by atoms with Crippen LogP contribution in [0.4, 0.5) is 0 Å². The molecule has 1 saturated heterocycles. The zero-order valence-corrected chi connectivity index (χ0v) is 13.4. The van der Waals surface area contributed by atoms with Crippen LogP contribution >= 0.6 is 0 Å². The molecule has 0 bridgehead atoms. The Hall–Kier alpha value is -0.900. The number of hydrogen-bond acceptors (Lipinski definition) is 3. The average Bonchev–Trinajstić information content (AvgIpc) is 3.00. The molecule has 3 heteroatoms. The summed E-state index contributed by atoms with van der Waals surface area (Å²) < 4.78 is 5.63. The van der Waals surface area contributed by atoms with Gasteiger partial charge >= 0.3 is 0 Å². The Labute approximate surface area is 129 Å². The molecule has 1 N–H and O–H groups in total. The lowest BCUT2D eigenvalue weighted by Crippen LogP contribution is -2.24. The van der Waals surface area contributed by atoms with E-state index in [1.165, 1.54) is 37.7 Å². The Morgan fingerprint density at radius 3 is 2.76 bits per heavy atom. The molecule has 3 nitrogen and oxygen atoms in total. The van der Waals surface area contributed by atoms with Crippen molar-refractivity contribution in [3.8, 4) is 0 Å². The van der Waals surface area contributed by atoms with Gasteiger partial charge in [0, 0.05) is 13.2 Å². The molecule has 118 valence electrons. The van der Waals surface area contributed by atoms with Gasteiger partial charge in [0.25, 0.3) is 0 Å². The Morgan fingerprint density at radius 1 is 1.19 bits per heavy atom. The van der Waals surface area contributed by atoms with E-state index in [1.807, 2.05) is 0 Å². The number of rotatable bonds is 10. The smallest absolute Gasteiger partial charge is 0.0576 e. The summed E-state index contributed by atoms with van der Waals surface area (Å²) >= 11 is 0. The molecular weight excluding hydrogens is 260 g/mol. The molecule has 0 saturated carbocycles. The number of nitrogens with zero attached hydrogens (tertiary/aromatic N) is 1. The zero-order valence-electron chi connectivity index (χ0n) is 13.4. The third kappa shape index (κ3) is 7.07. The molecule has 0 spiro atoms. The molecule has 1 aromatic carbocycles. The van der Waals surface area contributed by atoms with Gasteiger partial charge in [-0.1, -0.05) is 30.3 Å². The summed E-state index contributed by atoms with van der Waals surface area (Å²) in [6.45, 7) is 5.41. The van der Waals surface area contributed by atoms with E-state index in [0.717, 1.165) is 32.8 Å². The lowest BCUT2D eigenvalue weighted by atomic mass is 10.1. The molecule has 0 radical (unpaired) electrons. The van der Waals surface area contributed by atoms with Crippen LogP contribution in [-0.2, 0) is 11.3 Å². The fourth-order valence-corrected chi connectivity index (χ4v) is 2.90. The van der Waals surface area contributed by atoms with Gasteiger partial charge in [-0.05, 0) is 64.3 Å². The highest BCUT2D eigenvalue weighted by Gasteiger charge is 2.14. The normalized spacial score (nSPS) is 18.5. The average molecular weight is 290 g/mol. The van der Waals surface area contributed by atoms with Crippen LogP contribution in [0, 0.1) is 0 Å². The van der Waals surface area contributed by atoms with Gasteiger partial charge in [0.1, 0.15) is 0 Å². The van der Waals surface area contributed by atoms with Crippen molar-refractivity contribution >= 4 is 0 Å². The maximum atomic E-state index is 5.63. The van der Waals surface area contributed by atoms with Crippen molar-refractivity contribution in [3.63, 3.8) is 0 Å². The standard InChI is InChI=1S/C18H30N2O/c1-20(16-17-8-3-2-4-9-17)14-7-13-19-12-5-10-18-11-6-15-21-18/h2-4,8-9,18-19H,5-7,10-16H2,1H3.